The summed E-state index contributed by atoms with van der Waals surface area (Å²) in [5.74, 6) is 1.65. The lowest BCUT2D eigenvalue weighted by Gasteiger charge is -2.26. The lowest BCUT2D eigenvalue weighted by atomic mass is 9.91. The SMILES string of the molecule is CC(C)Cc1cccc2c1C(N)CCO2. The molecule has 82 valence electrons. The van der Waals surface area contributed by atoms with Crippen molar-refractivity contribution in [1.29, 1.82) is 0 Å². The number of nitrogens with two attached hydrogens (primary N) is 1. The molecule has 1 aliphatic rings. The van der Waals surface area contributed by atoms with E-state index < -0.39 is 0 Å². The zero-order valence-electron chi connectivity index (χ0n) is 9.49. The van der Waals surface area contributed by atoms with Crippen LogP contribution in [0.2, 0.25) is 0 Å². The van der Waals surface area contributed by atoms with E-state index in [0.717, 1.165) is 25.2 Å². The highest BCUT2D eigenvalue weighted by Crippen LogP contribution is 2.34. The Morgan fingerprint density at radius 3 is 3.00 bits per heavy atom. The zero-order valence-corrected chi connectivity index (χ0v) is 9.49. The molecular formula is C13H19NO. The van der Waals surface area contributed by atoms with Crippen LogP contribution in [-0.2, 0) is 6.42 Å². The van der Waals surface area contributed by atoms with E-state index in [-0.39, 0.29) is 6.04 Å². The van der Waals surface area contributed by atoms with Gasteiger partial charge in [-0.1, -0.05) is 26.0 Å². The summed E-state index contributed by atoms with van der Waals surface area (Å²) in [4.78, 5) is 0. The Bertz CT molecular complexity index is 346. The van der Waals surface area contributed by atoms with Gasteiger partial charge >= 0.3 is 0 Å². The van der Waals surface area contributed by atoms with Gasteiger partial charge in [0.05, 0.1) is 6.61 Å². The maximum Gasteiger partial charge on any atom is 0.124 e. The predicted octanol–water partition coefficient (Wildman–Crippen LogP) is 2.67. The molecule has 1 heterocycles. The van der Waals surface area contributed by atoms with Crippen LogP contribution >= 0.6 is 0 Å². The molecule has 0 spiro atoms. The van der Waals surface area contributed by atoms with Crippen LogP contribution in [0.4, 0.5) is 0 Å². The highest BCUT2D eigenvalue weighted by Gasteiger charge is 2.21. The van der Waals surface area contributed by atoms with E-state index in [9.17, 15) is 0 Å². The molecule has 1 aromatic carbocycles. The zero-order chi connectivity index (χ0) is 10.8. The van der Waals surface area contributed by atoms with Crippen molar-refractivity contribution in [2.75, 3.05) is 6.61 Å². The number of ether oxygens (including phenoxy) is 1. The lowest BCUT2D eigenvalue weighted by molar-refractivity contribution is 0.267. The molecule has 0 aliphatic carbocycles. The Morgan fingerprint density at radius 2 is 2.27 bits per heavy atom. The quantitative estimate of drug-likeness (QED) is 0.805. The number of hydrogen-bond donors (Lipinski definition) is 1. The molecule has 1 atom stereocenters. The lowest BCUT2D eigenvalue weighted by Crippen LogP contribution is -2.22. The number of rotatable bonds is 2. The van der Waals surface area contributed by atoms with Crippen molar-refractivity contribution in [3.05, 3.63) is 29.3 Å². The first-order chi connectivity index (χ1) is 7.18. The third kappa shape index (κ3) is 2.15. The molecule has 0 bridgehead atoms. The Labute approximate surface area is 91.4 Å². The topological polar surface area (TPSA) is 35.2 Å². The molecule has 1 aliphatic heterocycles. The van der Waals surface area contributed by atoms with Gasteiger partial charge in [0.25, 0.3) is 0 Å². The van der Waals surface area contributed by atoms with E-state index in [4.69, 9.17) is 10.5 Å². The second-order valence-electron chi connectivity index (χ2n) is 4.67. The standard InChI is InChI=1S/C13H19NO/c1-9(2)8-10-4-3-5-12-13(10)11(14)6-7-15-12/h3-5,9,11H,6-8,14H2,1-2H3. The molecule has 2 nitrogen and oxygen atoms in total. The van der Waals surface area contributed by atoms with Gasteiger partial charge in [-0.3, -0.25) is 0 Å². The van der Waals surface area contributed by atoms with E-state index in [0.29, 0.717) is 5.92 Å². The Hall–Kier alpha value is -1.02. The minimum absolute atomic E-state index is 0.156. The van der Waals surface area contributed by atoms with Gasteiger partial charge in [0.1, 0.15) is 5.75 Å². The summed E-state index contributed by atoms with van der Waals surface area (Å²) in [6.07, 6.45) is 2.02. The second kappa shape index (κ2) is 4.23. The minimum Gasteiger partial charge on any atom is -0.493 e. The molecule has 0 fully saturated rings. The third-order valence-electron chi connectivity index (χ3n) is 2.84. The Morgan fingerprint density at radius 1 is 1.47 bits per heavy atom. The van der Waals surface area contributed by atoms with Crippen LogP contribution in [0.3, 0.4) is 0 Å². The van der Waals surface area contributed by atoms with Gasteiger partial charge in [-0.2, -0.15) is 0 Å². The van der Waals surface area contributed by atoms with Crippen molar-refractivity contribution >= 4 is 0 Å². The highest BCUT2D eigenvalue weighted by molar-refractivity contribution is 5.43. The largest absolute Gasteiger partial charge is 0.493 e. The van der Waals surface area contributed by atoms with Crippen molar-refractivity contribution in [2.45, 2.75) is 32.7 Å². The van der Waals surface area contributed by atoms with E-state index >= 15 is 0 Å². The fourth-order valence-electron chi connectivity index (χ4n) is 2.19. The first-order valence-electron chi connectivity index (χ1n) is 5.68. The van der Waals surface area contributed by atoms with E-state index in [2.05, 4.69) is 26.0 Å². The highest BCUT2D eigenvalue weighted by atomic mass is 16.5. The molecule has 0 saturated carbocycles. The van der Waals surface area contributed by atoms with Gasteiger partial charge in [0, 0.05) is 18.0 Å². The third-order valence-corrected chi connectivity index (χ3v) is 2.84. The maximum atomic E-state index is 6.14. The van der Waals surface area contributed by atoms with Gasteiger partial charge in [0.2, 0.25) is 0 Å². The molecule has 2 N–H and O–H groups in total. The van der Waals surface area contributed by atoms with E-state index in [1.165, 1.54) is 11.1 Å². The Kier molecular flexibility index (Phi) is 2.96. The van der Waals surface area contributed by atoms with Crippen LogP contribution in [0.1, 0.15) is 37.4 Å². The van der Waals surface area contributed by atoms with Crippen LogP contribution < -0.4 is 10.5 Å². The molecule has 2 rings (SSSR count). The number of fused-ring (bicyclic) bond motifs is 1. The first kappa shape index (κ1) is 10.5. The normalized spacial score (nSPS) is 19.9. The minimum atomic E-state index is 0.156. The van der Waals surface area contributed by atoms with Crippen molar-refractivity contribution in [1.82, 2.24) is 0 Å². The predicted molar refractivity (Wildman–Crippen MR) is 62.0 cm³/mol. The molecular weight excluding hydrogens is 186 g/mol. The van der Waals surface area contributed by atoms with Gasteiger partial charge < -0.3 is 10.5 Å². The molecule has 1 aromatic rings. The van der Waals surface area contributed by atoms with Crippen molar-refractivity contribution in [2.24, 2.45) is 11.7 Å². The monoisotopic (exact) mass is 205 g/mol. The van der Waals surface area contributed by atoms with Crippen LogP contribution in [0, 0.1) is 5.92 Å². The van der Waals surface area contributed by atoms with Gasteiger partial charge in [-0.15, -0.1) is 0 Å². The second-order valence-corrected chi connectivity index (χ2v) is 4.67. The van der Waals surface area contributed by atoms with E-state index in [1.807, 2.05) is 6.07 Å². The maximum absolute atomic E-state index is 6.14. The van der Waals surface area contributed by atoms with Gasteiger partial charge in [-0.25, -0.2) is 0 Å². The number of hydrogen-bond acceptors (Lipinski definition) is 2. The smallest absolute Gasteiger partial charge is 0.124 e. The first-order valence-corrected chi connectivity index (χ1v) is 5.68. The van der Waals surface area contributed by atoms with Crippen molar-refractivity contribution in [3.8, 4) is 5.75 Å². The fraction of sp³-hybridized carbons (Fsp3) is 0.538. The van der Waals surface area contributed by atoms with Gasteiger partial charge in [-0.05, 0) is 24.0 Å². The van der Waals surface area contributed by atoms with Crippen LogP contribution in [0.5, 0.6) is 5.75 Å². The molecule has 0 amide bonds. The van der Waals surface area contributed by atoms with Crippen molar-refractivity contribution in [3.63, 3.8) is 0 Å². The van der Waals surface area contributed by atoms with Gasteiger partial charge in [0.15, 0.2) is 0 Å². The molecule has 0 saturated heterocycles. The van der Waals surface area contributed by atoms with Crippen LogP contribution in [0.25, 0.3) is 0 Å². The molecule has 15 heavy (non-hydrogen) atoms. The molecule has 2 heteroatoms. The summed E-state index contributed by atoms with van der Waals surface area (Å²) in [6, 6.07) is 6.42. The van der Waals surface area contributed by atoms with Crippen molar-refractivity contribution < 1.29 is 4.74 Å². The summed E-state index contributed by atoms with van der Waals surface area (Å²) in [5, 5.41) is 0. The Balaban J connectivity index is 2.38. The molecule has 0 radical (unpaired) electrons. The summed E-state index contributed by atoms with van der Waals surface area (Å²) in [5.41, 5.74) is 8.73. The average molecular weight is 205 g/mol. The molecule has 0 aromatic heterocycles. The van der Waals surface area contributed by atoms with Crippen LogP contribution in [-0.4, -0.2) is 6.61 Å². The summed E-state index contributed by atoms with van der Waals surface area (Å²) >= 11 is 0. The fourth-order valence-corrected chi connectivity index (χ4v) is 2.19. The van der Waals surface area contributed by atoms with E-state index in [1.54, 1.807) is 0 Å². The summed E-state index contributed by atoms with van der Waals surface area (Å²) < 4.78 is 5.64. The number of benzene rings is 1. The average Bonchev–Trinajstić information content (AvgIpc) is 2.17. The molecule has 1 unspecified atom stereocenters. The summed E-state index contributed by atoms with van der Waals surface area (Å²) in [6.45, 7) is 5.21. The summed E-state index contributed by atoms with van der Waals surface area (Å²) in [7, 11) is 0. The van der Waals surface area contributed by atoms with Crippen LogP contribution in [0.15, 0.2) is 18.2 Å².